The van der Waals surface area contributed by atoms with Crippen LogP contribution in [0.25, 0.3) is 0 Å². The lowest BCUT2D eigenvalue weighted by Crippen LogP contribution is -2.17. The summed E-state index contributed by atoms with van der Waals surface area (Å²) in [7, 11) is 0. The van der Waals surface area contributed by atoms with Crippen LogP contribution in [0.15, 0.2) is 67.3 Å². The first-order valence-corrected chi connectivity index (χ1v) is 8.41. The first-order chi connectivity index (χ1) is 14.2. The molecule has 0 spiro atoms. The molecule has 3 N–H and O–H groups in total. The van der Waals surface area contributed by atoms with Crippen LogP contribution in [0.4, 0.5) is 0 Å². The molecule has 10 heteroatoms. The molecule has 0 amide bonds. The van der Waals surface area contributed by atoms with Crippen LogP contribution in [0.1, 0.15) is 38.3 Å². The lowest BCUT2D eigenvalue weighted by Gasteiger charge is -2.16. The minimum atomic E-state index is -1.27. The standard InChI is InChI=1S/C20H14O10/c21-13-5-12(28-8-15(13)23)6-18(17-7-14(22)16(24)9-29-17)30-20(27)11-3-1-2-10(4-11)19(25)26/h1-5,7-9,18,23-24H,6H2,(H,25,26). The number of carbonyl (C=O) groups is 2. The summed E-state index contributed by atoms with van der Waals surface area (Å²) in [6.45, 7) is 0. The van der Waals surface area contributed by atoms with E-state index in [4.69, 9.17) is 18.7 Å². The normalized spacial score (nSPS) is 11.6. The number of hydrogen-bond acceptors (Lipinski definition) is 9. The summed E-state index contributed by atoms with van der Waals surface area (Å²) in [5, 5.41) is 27.7. The second-order valence-electron chi connectivity index (χ2n) is 6.11. The van der Waals surface area contributed by atoms with Gasteiger partial charge in [0.15, 0.2) is 17.6 Å². The number of rotatable bonds is 6. The lowest BCUT2D eigenvalue weighted by molar-refractivity contribution is 0.0227. The minimum Gasteiger partial charge on any atom is -0.502 e. The van der Waals surface area contributed by atoms with Crippen LogP contribution >= 0.6 is 0 Å². The molecule has 3 rings (SSSR count). The number of carboxylic acid groups (broad SMARTS) is 1. The molecule has 10 nitrogen and oxygen atoms in total. The summed E-state index contributed by atoms with van der Waals surface area (Å²) in [6, 6.07) is 6.96. The molecule has 1 aromatic carbocycles. The Hall–Kier alpha value is -4.34. The van der Waals surface area contributed by atoms with Crippen molar-refractivity contribution in [3.63, 3.8) is 0 Å². The van der Waals surface area contributed by atoms with Crippen molar-refractivity contribution in [2.24, 2.45) is 0 Å². The van der Waals surface area contributed by atoms with Crippen molar-refractivity contribution in [2.45, 2.75) is 12.5 Å². The summed E-state index contributed by atoms with van der Waals surface area (Å²) < 4.78 is 15.6. The van der Waals surface area contributed by atoms with E-state index in [0.717, 1.165) is 30.7 Å². The van der Waals surface area contributed by atoms with Gasteiger partial charge in [0.1, 0.15) is 24.0 Å². The fourth-order valence-corrected chi connectivity index (χ4v) is 2.50. The van der Waals surface area contributed by atoms with Crippen LogP contribution in [-0.4, -0.2) is 27.3 Å². The van der Waals surface area contributed by atoms with Gasteiger partial charge in [-0.3, -0.25) is 9.59 Å². The Morgan fingerprint density at radius 2 is 1.57 bits per heavy atom. The van der Waals surface area contributed by atoms with E-state index in [1.165, 1.54) is 18.2 Å². The highest BCUT2D eigenvalue weighted by atomic mass is 16.6. The number of carbonyl (C=O) groups excluding carboxylic acids is 1. The van der Waals surface area contributed by atoms with Gasteiger partial charge >= 0.3 is 11.9 Å². The maximum Gasteiger partial charge on any atom is 0.338 e. The monoisotopic (exact) mass is 414 g/mol. The Balaban J connectivity index is 1.95. The number of aromatic carboxylic acids is 1. The van der Waals surface area contributed by atoms with E-state index < -0.39 is 40.4 Å². The average molecular weight is 414 g/mol. The molecular weight excluding hydrogens is 400 g/mol. The molecule has 154 valence electrons. The lowest BCUT2D eigenvalue weighted by atomic mass is 10.1. The molecule has 0 aliphatic heterocycles. The Labute approximate surface area is 167 Å². The molecule has 2 aromatic heterocycles. The second-order valence-corrected chi connectivity index (χ2v) is 6.11. The third-order valence-electron chi connectivity index (χ3n) is 4.00. The van der Waals surface area contributed by atoms with Gasteiger partial charge < -0.3 is 28.9 Å². The number of esters is 1. The smallest absolute Gasteiger partial charge is 0.338 e. The van der Waals surface area contributed by atoms with Crippen molar-refractivity contribution < 1.29 is 38.5 Å². The van der Waals surface area contributed by atoms with E-state index in [0.29, 0.717) is 0 Å². The highest BCUT2D eigenvalue weighted by Crippen LogP contribution is 2.24. The minimum absolute atomic E-state index is 0.00520. The summed E-state index contributed by atoms with van der Waals surface area (Å²) in [5.74, 6) is -3.60. The first kappa shape index (κ1) is 20.4. The van der Waals surface area contributed by atoms with Gasteiger partial charge in [0.2, 0.25) is 10.9 Å². The molecule has 0 fully saturated rings. The fraction of sp³-hybridized carbons (Fsp3) is 0.100. The van der Waals surface area contributed by atoms with E-state index in [-0.39, 0.29) is 29.1 Å². The number of benzene rings is 1. The third-order valence-corrected chi connectivity index (χ3v) is 4.00. The maximum atomic E-state index is 12.5. The van der Waals surface area contributed by atoms with Crippen molar-refractivity contribution >= 4 is 11.9 Å². The van der Waals surface area contributed by atoms with Crippen molar-refractivity contribution in [1.82, 2.24) is 0 Å². The first-order valence-electron chi connectivity index (χ1n) is 8.41. The fourth-order valence-electron chi connectivity index (χ4n) is 2.50. The number of hydrogen-bond donors (Lipinski definition) is 3. The van der Waals surface area contributed by atoms with Crippen LogP contribution in [0.5, 0.6) is 11.5 Å². The van der Waals surface area contributed by atoms with E-state index in [9.17, 15) is 29.4 Å². The molecule has 0 saturated carbocycles. The average Bonchev–Trinajstić information content (AvgIpc) is 2.72. The molecule has 0 bridgehead atoms. The zero-order valence-corrected chi connectivity index (χ0v) is 15.1. The Kier molecular flexibility index (Phi) is 5.68. The van der Waals surface area contributed by atoms with Crippen LogP contribution in [0.2, 0.25) is 0 Å². The van der Waals surface area contributed by atoms with Gasteiger partial charge in [-0.1, -0.05) is 6.07 Å². The SMILES string of the molecule is O=C(O)c1cccc(C(=O)OC(Cc2cc(=O)c(O)co2)c2cc(=O)c(O)co2)c1. The van der Waals surface area contributed by atoms with Gasteiger partial charge in [-0.05, 0) is 18.2 Å². The van der Waals surface area contributed by atoms with Gasteiger partial charge in [0, 0.05) is 12.1 Å². The van der Waals surface area contributed by atoms with Crippen LogP contribution in [0.3, 0.4) is 0 Å². The largest absolute Gasteiger partial charge is 0.502 e. The molecule has 3 aromatic rings. The number of ether oxygens (including phenoxy) is 1. The van der Waals surface area contributed by atoms with E-state index in [1.54, 1.807) is 0 Å². The van der Waals surface area contributed by atoms with Crippen molar-refractivity contribution in [1.29, 1.82) is 0 Å². The molecule has 30 heavy (non-hydrogen) atoms. The van der Waals surface area contributed by atoms with Gasteiger partial charge in [0.05, 0.1) is 17.5 Å². The van der Waals surface area contributed by atoms with Gasteiger partial charge in [-0.15, -0.1) is 0 Å². The molecule has 0 saturated heterocycles. The van der Waals surface area contributed by atoms with Crippen molar-refractivity contribution in [2.75, 3.05) is 0 Å². The summed E-state index contributed by atoms with van der Waals surface area (Å²) in [6.07, 6.45) is 0.0382. The van der Waals surface area contributed by atoms with Crippen LogP contribution < -0.4 is 10.9 Å². The Morgan fingerprint density at radius 3 is 2.20 bits per heavy atom. The molecule has 0 aliphatic carbocycles. The van der Waals surface area contributed by atoms with Crippen molar-refractivity contribution in [3.8, 4) is 11.5 Å². The summed E-state index contributed by atoms with van der Waals surface area (Å²) in [5.41, 5.74) is -1.74. The van der Waals surface area contributed by atoms with E-state index >= 15 is 0 Å². The Morgan fingerprint density at radius 1 is 0.933 bits per heavy atom. The molecule has 0 aliphatic rings. The van der Waals surface area contributed by atoms with Gasteiger partial charge in [-0.2, -0.15) is 0 Å². The van der Waals surface area contributed by atoms with Gasteiger partial charge in [-0.25, -0.2) is 9.59 Å². The highest BCUT2D eigenvalue weighted by molar-refractivity contribution is 5.94. The topological polar surface area (TPSA) is 164 Å². The molecule has 2 heterocycles. The molecule has 1 atom stereocenters. The maximum absolute atomic E-state index is 12.5. The summed E-state index contributed by atoms with van der Waals surface area (Å²) in [4.78, 5) is 47.0. The van der Waals surface area contributed by atoms with Crippen LogP contribution in [-0.2, 0) is 11.2 Å². The molecule has 0 radical (unpaired) electrons. The number of aromatic hydroxyl groups is 2. The summed E-state index contributed by atoms with van der Waals surface area (Å²) >= 11 is 0. The predicted octanol–water partition coefficient (Wildman–Crippen LogP) is 1.84. The highest BCUT2D eigenvalue weighted by Gasteiger charge is 2.24. The van der Waals surface area contributed by atoms with Gasteiger partial charge in [0.25, 0.3) is 0 Å². The quantitative estimate of drug-likeness (QED) is 0.507. The number of carboxylic acids is 1. The van der Waals surface area contributed by atoms with E-state index in [1.807, 2.05) is 0 Å². The molecule has 1 unspecified atom stereocenters. The zero-order valence-electron chi connectivity index (χ0n) is 15.1. The molecular formula is C20H14O10. The van der Waals surface area contributed by atoms with Crippen LogP contribution in [0, 0.1) is 0 Å². The zero-order chi connectivity index (χ0) is 21.8. The third kappa shape index (κ3) is 4.55. The Bertz CT molecular complexity index is 1220. The van der Waals surface area contributed by atoms with E-state index in [2.05, 4.69) is 0 Å². The predicted molar refractivity (Wildman–Crippen MR) is 98.5 cm³/mol. The second kappa shape index (κ2) is 8.35. The van der Waals surface area contributed by atoms with Crippen molar-refractivity contribution in [3.05, 3.63) is 92.0 Å².